The fourth-order valence-corrected chi connectivity index (χ4v) is 2.87. The topological polar surface area (TPSA) is 13.1 Å². The quantitative estimate of drug-likeness (QED) is 0.625. The summed E-state index contributed by atoms with van der Waals surface area (Å²) in [4.78, 5) is 0. The van der Waals surface area contributed by atoms with Crippen LogP contribution in [-0.2, 0) is 6.42 Å². The van der Waals surface area contributed by atoms with Gasteiger partial charge in [-0.1, -0.05) is 38.8 Å². The second-order valence-electron chi connectivity index (χ2n) is 3.69. The first-order valence-corrected chi connectivity index (χ1v) is 7.31. The molecule has 0 aliphatic carbocycles. The van der Waals surface area contributed by atoms with E-state index in [2.05, 4.69) is 38.8 Å². The first-order chi connectivity index (χ1) is 8.11. The van der Waals surface area contributed by atoms with Crippen molar-refractivity contribution in [2.24, 2.45) is 0 Å². The van der Waals surface area contributed by atoms with Crippen LogP contribution in [0.3, 0.4) is 0 Å². The average molecular weight is 378 g/mol. The van der Waals surface area contributed by atoms with Crippen LogP contribution >= 0.6 is 43.5 Å². The Hall–Kier alpha value is -0.250. The Kier molecular flexibility index (Phi) is 4.34. The number of aryl methyl sites for hydroxylation is 1. The van der Waals surface area contributed by atoms with E-state index in [4.69, 9.17) is 16.0 Å². The van der Waals surface area contributed by atoms with Crippen molar-refractivity contribution in [1.29, 1.82) is 0 Å². The molecule has 0 amide bonds. The molecular formula is C13H11Br2ClO. The van der Waals surface area contributed by atoms with Gasteiger partial charge in [0.1, 0.15) is 16.9 Å². The Bertz CT molecular complexity index is 522. The molecule has 0 radical (unpaired) electrons. The molecular weight excluding hydrogens is 367 g/mol. The number of hydrogen-bond donors (Lipinski definition) is 0. The molecule has 0 saturated heterocycles. The van der Waals surface area contributed by atoms with Gasteiger partial charge in [0.15, 0.2) is 0 Å². The zero-order valence-corrected chi connectivity index (χ0v) is 13.1. The third-order valence-corrected chi connectivity index (χ3v) is 4.18. The molecule has 0 spiro atoms. The molecule has 1 heterocycles. The van der Waals surface area contributed by atoms with Crippen LogP contribution in [-0.4, -0.2) is 0 Å². The minimum atomic E-state index is -0.276. The number of benzene rings is 1. The Morgan fingerprint density at radius 3 is 2.65 bits per heavy atom. The van der Waals surface area contributed by atoms with Crippen LogP contribution in [0.15, 0.2) is 43.7 Å². The molecule has 90 valence electrons. The Labute approximate surface area is 122 Å². The molecule has 0 saturated carbocycles. The summed E-state index contributed by atoms with van der Waals surface area (Å²) < 4.78 is 7.66. The molecule has 1 unspecified atom stereocenters. The molecule has 2 rings (SSSR count). The maximum Gasteiger partial charge on any atom is 0.126 e. The minimum absolute atomic E-state index is 0.276. The zero-order chi connectivity index (χ0) is 12.4. The van der Waals surface area contributed by atoms with Gasteiger partial charge in [0, 0.05) is 15.4 Å². The van der Waals surface area contributed by atoms with Crippen molar-refractivity contribution >= 4 is 43.5 Å². The highest BCUT2D eigenvalue weighted by molar-refractivity contribution is 9.11. The third kappa shape index (κ3) is 2.95. The SMILES string of the molecule is CCc1ccc(C(Cl)c2cc(Br)ccc2Br)o1. The second-order valence-corrected chi connectivity index (χ2v) is 5.89. The van der Waals surface area contributed by atoms with Crippen molar-refractivity contribution in [3.05, 3.63) is 56.4 Å². The summed E-state index contributed by atoms with van der Waals surface area (Å²) in [5.41, 5.74) is 0.998. The Morgan fingerprint density at radius 1 is 1.24 bits per heavy atom. The smallest absolute Gasteiger partial charge is 0.126 e. The van der Waals surface area contributed by atoms with Gasteiger partial charge in [-0.2, -0.15) is 0 Å². The van der Waals surface area contributed by atoms with Crippen molar-refractivity contribution in [2.45, 2.75) is 18.7 Å². The summed E-state index contributed by atoms with van der Waals surface area (Å²) in [7, 11) is 0. The standard InChI is InChI=1S/C13H11Br2ClO/c1-2-9-4-6-12(17-9)13(16)10-7-8(14)3-5-11(10)15/h3-7,13H,2H2,1H3. The second kappa shape index (κ2) is 5.59. The average Bonchev–Trinajstić information content (AvgIpc) is 2.80. The molecule has 0 aliphatic rings. The van der Waals surface area contributed by atoms with Gasteiger partial charge >= 0.3 is 0 Å². The van der Waals surface area contributed by atoms with Crippen molar-refractivity contribution in [2.75, 3.05) is 0 Å². The molecule has 4 heteroatoms. The molecule has 0 N–H and O–H groups in total. The van der Waals surface area contributed by atoms with Crippen molar-refractivity contribution in [1.82, 2.24) is 0 Å². The van der Waals surface area contributed by atoms with Gasteiger partial charge in [0.2, 0.25) is 0 Å². The van der Waals surface area contributed by atoms with Gasteiger partial charge in [0.25, 0.3) is 0 Å². The van der Waals surface area contributed by atoms with Crippen LogP contribution in [0.2, 0.25) is 0 Å². The summed E-state index contributed by atoms with van der Waals surface area (Å²) >= 11 is 13.4. The van der Waals surface area contributed by atoms with E-state index in [-0.39, 0.29) is 5.38 Å². The summed E-state index contributed by atoms with van der Waals surface area (Å²) in [6, 6.07) is 9.84. The van der Waals surface area contributed by atoms with Crippen molar-refractivity contribution < 1.29 is 4.42 Å². The molecule has 0 aliphatic heterocycles. The molecule has 17 heavy (non-hydrogen) atoms. The maximum absolute atomic E-state index is 6.43. The van der Waals surface area contributed by atoms with Crippen LogP contribution in [0.1, 0.15) is 29.4 Å². The normalized spacial score (nSPS) is 12.7. The van der Waals surface area contributed by atoms with E-state index >= 15 is 0 Å². The Morgan fingerprint density at radius 2 is 2.00 bits per heavy atom. The molecule has 1 atom stereocenters. The third-order valence-electron chi connectivity index (χ3n) is 2.51. The predicted molar refractivity (Wildman–Crippen MR) is 77.6 cm³/mol. The lowest BCUT2D eigenvalue weighted by Crippen LogP contribution is -1.93. The van der Waals surface area contributed by atoms with Crippen LogP contribution < -0.4 is 0 Å². The number of alkyl halides is 1. The van der Waals surface area contributed by atoms with Crippen molar-refractivity contribution in [3.8, 4) is 0 Å². The largest absolute Gasteiger partial charge is 0.464 e. The number of halogens is 3. The van der Waals surface area contributed by atoms with Crippen molar-refractivity contribution in [3.63, 3.8) is 0 Å². The van der Waals surface area contributed by atoms with E-state index in [0.717, 1.165) is 32.5 Å². The highest BCUT2D eigenvalue weighted by Crippen LogP contribution is 2.36. The lowest BCUT2D eigenvalue weighted by molar-refractivity contribution is 0.474. The van der Waals surface area contributed by atoms with Gasteiger partial charge in [-0.15, -0.1) is 11.6 Å². The van der Waals surface area contributed by atoms with E-state index in [9.17, 15) is 0 Å². The van der Waals surface area contributed by atoms with E-state index in [1.165, 1.54) is 0 Å². The van der Waals surface area contributed by atoms with Gasteiger partial charge in [-0.25, -0.2) is 0 Å². The van der Waals surface area contributed by atoms with E-state index < -0.39 is 0 Å². The molecule has 0 fully saturated rings. The maximum atomic E-state index is 6.43. The number of furan rings is 1. The first kappa shape index (κ1) is 13.2. The van der Waals surface area contributed by atoms with E-state index in [0.29, 0.717) is 0 Å². The van der Waals surface area contributed by atoms with Crippen LogP contribution in [0.4, 0.5) is 0 Å². The Balaban J connectivity index is 2.35. The highest BCUT2D eigenvalue weighted by atomic mass is 79.9. The fraction of sp³-hybridized carbons (Fsp3) is 0.231. The van der Waals surface area contributed by atoms with Gasteiger partial charge in [-0.05, 0) is 35.9 Å². The lowest BCUT2D eigenvalue weighted by Gasteiger charge is -2.10. The van der Waals surface area contributed by atoms with Gasteiger partial charge < -0.3 is 4.42 Å². The van der Waals surface area contributed by atoms with Crippen LogP contribution in [0.25, 0.3) is 0 Å². The zero-order valence-electron chi connectivity index (χ0n) is 9.21. The predicted octanol–water partition coefficient (Wildman–Crippen LogP) is 5.70. The van der Waals surface area contributed by atoms with Crippen LogP contribution in [0, 0.1) is 0 Å². The highest BCUT2D eigenvalue weighted by Gasteiger charge is 2.17. The van der Waals surface area contributed by atoms with Gasteiger partial charge in [0.05, 0.1) is 0 Å². The summed E-state index contributed by atoms with van der Waals surface area (Å²) in [6.45, 7) is 2.06. The number of hydrogen-bond acceptors (Lipinski definition) is 1. The molecule has 2 aromatic rings. The first-order valence-electron chi connectivity index (χ1n) is 5.29. The molecule has 1 nitrogen and oxygen atoms in total. The monoisotopic (exact) mass is 376 g/mol. The molecule has 1 aromatic heterocycles. The summed E-state index contributed by atoms with van der Waals surface area (Å²) in [5, 5.41) is -0.276. The molecule has 0 bridgehead atoms. The molecule has 1 aromatic carbocycles. The number of rotatable bonds is 3. The van der Waals surface area contributed by atoms with Gasteiger partial charge in [-0.3, -0.25) is 0 Å². The summed E-state index contributed by atoms with van der Waals surface area (Å²) in [5.74, 6) is 1.74. The van der Waals surface area contributed by atoms with E-state index in [1.807, 2.05) is 30.3 Å². The minimum Gasteiger partial charge on any atom is -0.464 e. The van der Waals surface area contributed by atoms with E-state index in [1.54, 1.807) is 0 Å². The summed E-state index contributed by atoms with van der Waals surface area (Å²) in [6.07, 6.45) is 0.878. The lowest BCUT2D eigenvalue weighted by atomic mass is 10.1. The fourth-order valence-electron chi connectivity index (χ4n) is 1.58. The van der Waals surface area contributed by atoms with Crippen LogP contribution in [0.5, 0.6) is 0 Å².